The van der Waals surface area contributed by atoms with E-state index < -0.39 is 5.97 Å². The van der Waals surface area contributed by atoms with Crippen molar-refractivity contribution in [3.05, 3.63) is 28.2 Å². The van der Waals surface area contributed by atoms with Gasteiger partial charge in [0.25, 0.3) is 0 Å². The van der Waals surface area contributed by atoms with Crippen LogP contribution in [-0.4, -0.2) is 53.4 Å². The maximum absolute atomic E-state index is 12.4. The number of hydrogen-bond acceptors (Lipinski definition) is 4. The highest BCUT2D eigenvalue weighted by Crippen LogP contribution is 2.26. The first-order valence-electron chi connectivity index (χ1n) is 6.95. The van der Waals surface area contributed by atoms with Crippen LogP contribution in [0.2, 0.25) is 0 Å². The van der Waals surface area contributed by atoms with Crippen LogP contribution in [0.25, 0.3) is 0 Å². The minimum atomic E-state index is -0.912. The number of nitrogens with zero attached hydrogens (tertiary/aromatic N) is 1. The number of thioether (sulfide) groups is 1. The van der Waals surface area contributed by atoms with Gasteiger partial charge < -0.3 is 14.7 Å². The molecular formula is C15H18BrNO4S. The smallest absolute Gasteiger partial charge is 0.305 e. The average Bonchev–Trinajstić information content (AvgIpc) is 2.46. The van der Waals surface area contributed by atoms with E-state index in [1.165, 1.54) is 11.8 Å². The summed E-state index contributed by atoms with van der Waals surface area (Å²) in [6, 6.07) is 5.56. The number of carboxylic acids is 1. The minimum Gasteiger partial charge on any atom is -0.481 e. The Morgan fingerprint density at radius 2 is 2.27 bits per heavy atom. The van der Waals surface area contributed by atoms with Crippen molar-refractivity contribution >= 4 is 39.6 Å². The third-order valence-electron chi connectivity index (χ3n) is 3.45. The molecule has 1 atom stereocenters. The zero-order chi connectivity index (χ0) is 16.1. The molecule has 1 aliphatic rings. The molecule has 22 heavy (non-hydrogen) atoms. The van der Waals surface area contributed by atoms with Gasteiger partial charge in [0.1, 0.15) is 0 Å². The Labute approximate surface area is 142 Å². The first-order chi connectivity index (χ1) is 10.5. The molecule has 1 unspecified atom stereocenters. The van der Waals surface area contributed by atoms with Crippen molar-refractivity contribution in [1.82, 2.24) is 4.90 Å². The normalized spacial score (nSPS) is 18.3. The third-order valence-corrected chi connectivity index (χ3v) is 5.10. The highest BCUT2D eigenvalue weighted by Gasteiger charge is 2.28. The summed E-state index contributed by atoms with van der Waals surface area (Å²) < 4.78 is 6.30. The molecular weight excluding hydrogens is 370 g/mol. The Kier molecular flexibility index (Phi) is 6.28. The summed E-state index contributed by atoms with van der Waals surface area (Å²) >= 11 is 4.89. The first kappa shape index (κ1) is 17.3. The number of hydrogen-bond donors (Lipinski definition) is 1. The molecule has 0 radical (unpaired) electrons. The van der Waals surface area contributed by atoms with Crippen LogP contribution in [0.4, 0.5) is 0 Å². The van der Waals surface area contributed by atoms with Crippen LogP contribution in [0.15, 0.2) is 27.6 Å². The molecule has 1 aromatic rings. The standard InChI is InChI=1S/C15H18BrNO4S/c1-10-6-11(16)2-3-13(10)22-9-14(18)17-4-5-21-8-12(17)7-15(19)20/h2-3,6,12H,4-5,7-9H2,1H3,(H,19,20). The van der Waals surface area contributed by atoms with E-state index in [4.69, 9.17) is 9.84 Å². The van der Waals surface area contributed by atoms with Gasteiger partial charge in [0.2, 0.25) is 5.91 Å². The number of aliphatic carboxylic acids is 1. The second-order valence-corrected chi connectivity index (χ2v) is 7.05. The van der Waals surface area contributed by atoms with Crippen molar-refractivity contribution in [2.24, 2.45) is 0 Å². The number of benzene rings is 1. The zero-order valence-electron chi connectivity index (χ0n) is 12.3. The van der Waals surface area contributed by atoms with Crippen molar-refractivity contribution in [1.29, 1.82) is 0 Å². The average molecular weight is 388 g/mol. The summed E-state index contributed by atoms with van der Waals surface area (Å²) in [5.41, 5.74) is 1.11. The lowest BCUT2D eigenvalue weighted by Gasteiger charge is -2.34. The lowest BCUT2D eigenvalue weighted by atomic mass is 10.1. The topological polar surface area (TPSA) is 66.8 Å². The fourth-order valence-corrected chi connectivity index (χ4v) is 3.72. The molecule has 1 N–H and O–H groups in total. The number of halogens is 1. The Bertz CT molecular complexity index is 566. The van der Waals surface area contributed by atoms with E-state index in [9.17, 15) is 9.59 Å². The molecule has 0 aliphatic carbocycles. The van der Waals surface area contributed by atoms with E-state index in [1.807, 2.05) is 25.1 Å². The molecule has 1 amide bonds. The monoisotopic (exact) mass is 387 g/mol. The predicted molar refractivity (Wildman–Crippen MR) is 88.2 cm³/mol. The molecule has 0 saturated carbocycles. The molecule has 2 rings (SSSR count). The number of morpholine rings is 1. The number of carbonyl (C=O) groups excluding carboxylic acids is 1. The molecule has 0 aromatic heterocycles. The highest BCUT2D eigenvalue weighted by atomic mass is 79.9. The van der Waals surface area contributed by atoms with Gasteiger partial charge in [-0.05, 0) is 30.7 Å². The third kappa shape index (κ3) is 4.72. The zero-order valence-corrected chi connectivity index (χ0v) is 14.7. The van der Waals surface area contributed by atoms with Gasteiger partial charge in [0.05, 0.1) is 31.4 Å². The van der Waals surface area contributed by atoms with Gasteiger partial charge in [0, 0.05) is 15.9 Å². The van der Waals surface area contributed by atoms with Crippen LogP contribution in [0, 0.1) is 6.92 Å². The summed E-state index contributed by atoms with van der Waals surface area (Å²) in [6.45, 7) is 3.21. The molecule has 1 saturated heterocycles. The number of carbonyl (C=O) groups is 2. The van der Waals surface area contributed by atoms with Gasteiger partial charge in [-0.3, -0.25) is 9.59 Å². The van der Waals surface area contributed by atoms with Crippen molar-refractivity contribution in [3.8, 4) is 0 Å². The Morgan fingerprint density at radius 3 is 2.95 bits per heavy atom. The van der Waals surface area contributed by atoms with E-state index in [-0.39, 0.29) is 18.4 Å². The first-order valence-corrected chi connectivity index (χ1v) is 8.73. The molecule has 1 aromatic carbocycles. The van der Waals surface area contributed by atoms with Gasteiger partial charge >= 0.3 is 5.97 Å². The van der Waals surface area contributed by atoms with Gasteiger partial charge in [-0.1, -0.05) is 15.9 Å². The van der Waals surface area contributed by atoms with Crippen LogP contribution in [0.1, 0.15) is 12.0 Å². The summed E-state index contributed by atoms with van der Waals surface area (Å²) in [5, 5.41) is 8.93. The number of aryl methyl sites for hydroxylation is 1. The maximum Gasteiger partial charge on any atom is 0.305 e. The fourth-order valence-electron chi connectivity index (χ4n) is 2.35. The number of rotatable bonds is 5. The van der Waals surface area contributed by atoms with E-state index in [2.05, 4.69) is 15.9 Å². The molecule has 5 nitrogen and oxygen atoms in total. The number of amides is 1. The molecule has 0 spiro atoms. The van der Waals surface area contributed by atoms with Crippen LogP contribution in [0.3, 0.4) is 0 Å². The van der Waals surface area contributed by atoms with E-state index in [0.717, 1.165) is 14.9 Å². The second-order valence-electron chi connectivity index (χ2n) is 5.11. The molecule has 1 aliphatic heterocycles. The van der Waals surface area contributed by atoms with E-state index >= 15 is 0 Å². The van der Waals surface area contributed by atoms with Crippen molar-refractivity contribution in [2.75, 3.05) is 25.5 Å². The number of carboxylic acid groups (broad SMARTS) is 1. The highest BCUT2D eigenvalue weighted by molar-refractivity contribution is 9.10. The predicted octanol–water partition coefficient (Wildman–Crippen LogP) is 2.55. The molecule has 1 heterocycles. The summed E-state index contributed by atoms with van der Waals surface area (Å²) in [5.74, 6) is -0.648. The van der Waals surface area contributed by atoms with Crippen molar-refractivity contribution in [3.63, 3.8) is 0 Å². The SMILES string of the molecule is Cc1cc(Br)ccc1SCC(=O)N1CCOCC1CC(=O)O. The van der Waals surface area contributed by atoms with Gasteiger partial charge in [-0.25, -0.2) is 0 Å². The minimum absolute atomic E-state index is 0.0399. The summed E-state index contributed by atoms with van der Waals surface area (Å²) in [4.78, 5) is 26.0. The molecule has 0 bridgehead atoms. The summed E-state index contributed by atoms with van der Waals surface area (Å²) in [6.07, 6.45) is -0.0757. The van der Waals surface area contributed by atoms with Gasteiger partial charge in [-0.2, -0.15) is 0 Å². The lowest BCUT2D eigenvalue weighted by molar-refractivity contribution is -0.144. The quantitative estimate of drug-likeness (QED) is 0.786. The van der Waals surface area contributed by atoms with Crippen molar-refractivity contribution in [2.45, 2.75) is 24.3 Å². The number of ether oxygens (including phenoxy) is 1. The van der Waals surface area contributed by atoms with Crippen LogP contribution in [-0.2, 0) is 14.3 Å². The van der Waals surface area contributed by atoms with Crippen LogP contribution in [0.5, 0.6) is 0 Å². The van der Waals surface area contributed by atoms with Crippen LogP contribution < -0.4 is 0 Å². The molecule has 7 heteroatoms. The Hall–Kier alpha value is -1.05. The molecule has 1 fully saturated rings. The lowest BCUT2D eigenvalue weighted by Crippen LogP contribution is -2.50. The molecule has 120 valence electrons. The Balaban J connectivity index is 1.96. The van der Waals surface area contributed by atoms with Crippen molar-refractivity contribution < 1.29 is 19.4 Å². The Morgan fingerprint density at radius 1 is 1.50 bits per heavy atom. The van der Waals surface area contributed by atoms with E-state index in [0.29, 0.717) is 25.5 Å². The largest absolute Gasteiger partial charge is 0.481 e. The van der Waals surface area contributed by atoms with Crippen LogP contribution >= 0.6 is 27.7 Å². The van der Waals surface area contributed by atoms with Gasteiger partial charge in [0.15, 0.2) is 0 Å². The maximum atomic E-state index is 12.4. The van der Waals surface area contributed by atoms with Gasteiger partial charge in [-0.15, -0.1) is 11.8 Å². The fraction of sp³-hybridized carbons (Fsp3) is 0.467. The summed E-state index contributed by atoms with van der Waals surface area (Å²) in [7, 11) is 0. The van der Waals surface area contributed by atoms with E-state index in [1.54, 1.807) is 4.90 Å². The second kappa shape index (κ2) is 7.99.